The number of ether oxygens (including phenoxy) is 1. The molecule has 0 saturated heterocycles. The minimum absolute atomic E-state index is 0.147. The Bertz CT molecular complexity index is 521. The Kier molecular flexibility index (Phi) is 3.79. The first-order valence-corrected chi connectivity index (χ1v) is 6.85. The highest BCUT2D eigenvalue weighted by Crippen LogP contribution is 2.30. The van der Waals surface area contributed by atoms with Crippen molar-refractivity contribution in [3.63, 3.8) is 0 Å². The van der Waals surface area contributed by atoms with E-state index in [2.05, 4.69) is 0 Å². The third-order valence-corrected chi connectivity index (χ3v) is 3.35. The zero-order valence-electron chi connectivity index (χ0n) is 12.3. The van der Waals surface area contributed by atoms with Crippen molar-refractivity contribution in [1.29, 1.82) is 0 Å². The number of fused-ring (bicyclic) bond motifs is 1. The first kappa shape index (κ1) is 14.5. The quantitative estimate of drug-likeness (QED) is 0.564. The molecule has 0 aromatic heterocycles. The largest absolute Gasteiger partial charge is 0.505 e. The molecule has 1 amide bonds. The molecule has 1 aromatic carbocycles. The van der Waals surface area contributed by atoms with E-state index in [1.165, 1.54) is 0 Å². The third-order valence-electron chi connectivity index (χ3n) is 3.35. The summed E-state index contributed by atoms with van der Waals surface area (Å²) < 4.78 is 5.39. The molecule has 0 aliphatic carbocycles. The summed E-state index contributed by atoms with van der Waals surface area (Å²) in [5, 5.41) is 10.0. The molecule has 5 nitrogen and oxygen atoms in total. The molecule has 1 aliphatic rings. The molecule has 0 fully saturated rings. The van der Waals surface area contributed by atoms with Gasteiger partial charge in [-0.3, -0.25) is 0 Å². The summed E-state index contributed by atoms with van der Waals surface area (Å²) >= 11 is 0. The lowest BCUT2D eigenvalue weighted by Gasteiger charge is -2.26. The van der Waals surface area contributed by atoms with Crippen molar-refractivity contribution in [3.05, 3.63) is 23.3 Å². The number of hydrogen-bond donors (Lipinski definition) is 2. The van der Waals surface area contributed by atoms with E-state index in [-0.39, 0.29) is 11.8 Å². The summed E-state index contributed by atoms with van der Waals surface area (Å²) in [7, 11) is 0. The van der Waals surface area contributed by atoms with Gasteiger partial charge in [0.25, 0.3) is 0 Å². The maximum absolute atomic E-state index is 12.1. The molecule has 0 saturated carbocycles. The van der Waals surface area contributed by atoms with Gasteiger partial charge in [0.2, 0.25) is 0 Å². The predicted molar refractivity (Wildman–Crippen MR) is 77.7 cm³/mol. The number of nitrogens with zero attached hydrogens (tertiary/aromatic N) is 1. The molecule has 1 heterocycles. The van der Waals surface area contributed by atoms with Crippen molar-refractivity contribution < 1.29 is 14.6 Å². The van der Waals surface area contributed by atoms with Gasteiger partial charge < -0.3 is 20.5 Å². The Balaban J connectivity index is 2.12. The molecule has 2 rings (SSSR count). The van der Waals surface area contributed by atoms with E-state index in [4.69, 9.17) is 10.5 Å². The second-order valence-corrected chi connectivity index (χ2v) is 6.11. The molecule has 0 unspecified atom stereocenters. The Morgan fingerprint density at radius 3 is 2.60 bits per heavy atom. The Morgan fingerprint density at radius 2 is 1.95 bits per heavy atom. The van der Waals surface area contributed by atoms with Gasteiger partial charge >= 0.3 is 6.09 Å². The van der Waals surface area contributed by atoms with Gasteiger partial charge in [0, 0.05) is 18.7 Å². The number of rotatable bonds is 0. The second-order valence-electron chi connectivity index (χ2n) is 6.11. The monoisotopic (exact) mass is 278 g/mol. The maximum Gasteiger partial charge on any atom is 0.410 e. The number of anilines is 1. The lowest BCUT2D eigenvalue weighted by molar-refractivity contribution is 0.0258. The second kappa shape index (κ2) is 5.23. The molecular formula is C15H22N2O3. The van der Waals surface area contributed by atoms with Crippen molar-refractivity contribution in [2.45, 2.75) is 39.2 Å². The number of aromatic hydroxyl groups is 1. The minimum atomic E-state index is -0.497. The predicted octanol–water partition coefficient (Wildman–Crippen LogP) is 2.31. The first-order valence-electron chi connectivity index (χ1n) is 6.85. The van der Waals surface area contributed by atoms with Gasteiger partial charge in [0.15, 0.2) is 0 Å². The molecule has 20 heavy (non-hydrogen) atoms. The fourth-order valence-electron chi connectivity index (χ4n) is 2.33. The fourth-order valence-corrected chi connectivity index (χ4v) is 2.33. The molecule has 1 aromatic rings. The summed E-state index contributed by atoms with van der Waals surface area (Å²) in [6.07, 6.45) is 0.978. The van der Waals surface area contributed by atoms with Gasteiger partial charge in [0.1, 0.15) is 11.4 Å². The van der Waals surface area contributed by atoms with Crippen LogP contribution in [0.15, 0.2) is 12.1 Å². The smallest absolute Gasteiger partial charge is 0.410 e. The minimum Gasteiger partial charge on any atom is -0.505 e. The number of phenolic OH excluding ortho intramolecular Hbond substituents is 1. The molecule has 0 atom stereocenters. The van der Waals surface area contributed by atoms with Crippen molar-refractivity contribution in [2.75, 3.05) is 18.8 Å². The van der Waals surface area contributed by atoms with Gasteiger partial charge in [0.05, 0.1) is 5.69 Å². The van der Waals surface area contributed by atoms with Crippen LogP contribution in [0.5, 0.6) is 5.75 Å². The van der Waals surface area contributed by atoms with E-state index < -0.39 is 5.60 Å². The van der Waals surface area contributed by atoms with Crippen LogP contribution in [0.3, 0.4) is 0 Å². The third kappa shape index (κ3) is 3.15. The Labute approximate surface area is 119 Å². The SMILES string of the molecule is CC(C)(C)OC(=O)N1CCc2ccc(N)c(O)c2CC1. The average molecular weight is 278 g/mol. The van der Waals surface area contributed by atoms with Crippen LogP contribution >= 0.6 is 0 Å². The highest BCUT2D eigenvalue weighted by atomic mass is 16.6. The molecule has 3 N–H and O–H groups in total. The maximum atomic E-state index is 12.1. The van der Waals surface area contributed by atoms with Gasteiger partial charge in [-0.2, -0.15) is 0 Å². The Hall–Kier alpha value is -1.91. The van der Waals surface area contributed by atoms with E-state index in [1.54, 1.807) is 11.0 Å². The van der Waals surface area contributed by atoms with Crippen molar-refractivity contribution in [3.8, 4) is 5.75 Å². The summed E-state index contributed by atoms with van der Waals surface area (Å²) in [6, 6.07) is 3.63. The van der Waals surface area contributed by atoms with E-state index in [0.717, 1.165) is 11.1 Å². The summed E-state index contributed by atoms with van der Waals surface area (Å²) in [6.45, 7) is 6.67. The van der Waals surface area contributed by atoms with E-state index >= 15 is 0 Å². The number of nitrogen functional groups attached to an aromatic ring is 1. The molecule has 0 spiro atoms. The molecule has 0 radical (unpaired) electrons. The van der Waals surface area contributed by atoms with E-state index in [9.17, 15) is 9.90 Å². The lowest BCUT2D eigenvalue weighted by atomic mass is 10.0. The summed E-state index contributed by atoms with van der Waals surface area (Å²) in [5.74, 6) is 0.147. The molecule has 110 valence electrons. The lowest BCUT2D eigenvalue weighted by Crippen LogP contribution is -2.38. The highest BCUT2D eigenvalue weighted by Gasteiger charge is 2.25. The molecule has 1 aliphatic heterocycles. The normalized spacial score (nSPS) is 15.4. The van der Waals surface area contributed by atoms with Crippen LogP contribution in [-0.4, -0.2) is 34.8 Å². The Morgan fingerprint density at radius 1 is 1.30 bits per heavy atom. The molecule has 0 bridgehead atoms. The van der Waals surface area contributed by atoms with Crippen LogP contribution in [-0.2, 0) is 17.6 Å². The van der Waals surface area contributed by atoms with Crippen molar-refractivity contribution >= 4 is 11.8 Å². The van der Waals surface area contributed by atoms with Crippen LogP contribution in [0, 0.1) is 0 Å². The van der Waals surface area contributed by atoms with Crippen LogP contribution in [0.25, 0.3) is 0 Å². The van der Waals surface area contributed by atoms with E-state index in [0.29, 0.717) is 31.6 Å². The van der Waals surface area contributed by atoms with Gasteiger partial charge in [-0.15, -0.1) is 0 Å². The van der Waals surface area contributed by atoms with Crippen LogP contribution in [0.1, 0.15) is 31.9 Å². The molecular weight excluding hydrogens is 256 g/mol. The number of carbonyl (C=O) groups excluding carboxylic acids is 1. The van der Waals surface area contributed by atoms with Gasteiger partial charge in [-0.25, -0.2) is 4.79 Å². The van der Waals surface area contributed by atoms with Crippen LogP contribution in [0.4, 0.5) is 10.5 Å². The zero-order valence-corrected chi connectivity index (χ0v) is 12.3. The van der Waals surface area contributed by atoms with Crippen molar-refractivity contribution in [1.82, 2.24) is 4.90 Å². The number of carbonyl (C=O) groups is 1. The topological polar surface area (TPSA) is 75.8 Å². The number of nitrogens with two attached hydrogens (primary N) is 1. The fraction of sp³-hybridized carbons (Fsp3) is 0.533. The standard InChI is InChI=1S/C15H22N2O3/c1-15(2,3)20-14(19)17-8-6-10-4-5-12(16)13(18)11(10)7-9-17/h4-5,18H,6-9,16H2,1-3H3. The number of amides is 1. The number of phenols is 1. The van der Waals surface area contributed by atoms with Crippen LogP contribution in [0.2, 0.25) is 0 Å². The summed E-state index contributed by atoms with van der Waals surface area (Å²) in [5.41, 5.74) is 7.49. The number of benzene rings is 1. The van der Waals surface area contributed by atoms with E-state index in [1.807, 2.05) is 26.8 Å². The zero-order chi connectivity index (χ0) is 14.9. The highest BCUT2D eigenvalue weighted by molar-refractivity contribution is 5.68. The van der Waals surface area contributed by atoms with Gasteiger partial charge in [-0.05, 0) is 45.2 Å². The average Bonchev–Trinajstić information content (AvgIpc) is 2.54. The van der Waals surface area contributed by atoms with Gasteiger partial charge in [-0.1, -0.05) is 6.07 Å². The first-order chi connectivity index (χ1) is 9.28. The van der Waals surface area contributed by atoms with Crippen LogP contribution < -0.4 is 5.73 Å². The number of hydrogen-bond acceptors (Lipinski definition) is 4. The molecule has 5 heteroatoms. The van der Waals surface area contributed by atoms with Crippen molar-refractivity contribution in [2.24, 2.45) is 0 Å². The summed E-state index contributed by atoms with van der Waals surface area (Å²) in [4.78, 5) is 13.8.